The molecule has 1 aliphatic heterocycles. The zero-order chi connectivity index (χ0) is 16.0. The highest BCUT2D eigenvalue weighted by atomic mass is 16.5. The van der Waals surface area contributed by atoms with E-state index in [1.165, 1.54) is 0 Å². The second kappa shape index (κ2) is 4.91. The van der Waals surface area contributed by atoms with E-state index in [1.54, 1.807) is 13.1 Å². The van der Waals surface area contributed by atoms with Crippen molar-refractivity contribution in [2.45, 2.75) is 25.7 Å². The normalized spacial score (nSPS) is 21.2. The predicted molar refractivity (Wildman–Crippen MR) is 83.6 cm³/mol. The minimum absolute atomic E-state index is 0.0761. The Morgan fingerprint density at radius 1 is 1.43 bits per heavy atom. The lowest BCUT2D eigenvalue weighted by Gasteiger charge is -2.19. The van der Waals surface area contributed by atoms with Gasteiger partial charge < -0.3 is 14.4 Å². The lowest BCUT2D eigenvalue weighted by molar-refractivity contribution is -0.128. The van der Waals surface area contributed by atoms with Gasteiger partial charge in [-0.1, -0.05) is 5.16 Å². The molecule has 0 spiro atoms. The SMILES string of the molecule is CC(=O)N1CCC(C)(c2nc(-c3nccc4[nH]ccc34)no2)C1. The van der Waals surface area contributed by atoms with E-state index in [0.29, 0.717) is 24.0 Å². The predicted octanol–water partition coefficient (Wildman–Crippen LogP) is 2.12. The van der Waals surface area contributed by atoms with E-state index in [1.807, 2.05) is 23.2 Å². The highest BCUT2D eigenvalue weighted by Gasteiger charge is 2.41. The first-order chi connectivity index (χ1) is 11.1. The molecule has 118 valence electrons. The summed E-state index contributed by atoms with van der Waals surface area (Å²) in [5.41, 5.74) is 1.38. The molecule has 1 fully saturated rings. The number of pyridine rings is 1. The number of nitrogens with one attached hydrogen (secondary N) is 1. The number of rotatable bonds is 2. The lowest BCUT2D eigenvalue weighted by atomic mass is 9.90. The number of fused-ring (bicyclic) bond motifs is 1. The van der Waals surface area contributed by atoms with Gasteiger partial charge in [0.15, 0.2) is 0 Å². The van der Waals surface area contributed by atoms with Crippen molar-refractivity contribution in [1.29, 1.82) is 0 Å². The Bertz CT molecular complexity index is 883. The van der Waals surface area contributed by atoms with Gasteiger partial charge in [0.25, 0.3) is 0 Å². The molecule has 4 heterocycles. The molecule has 1 amide bonds. The number of carbonyl (C=O) groups is 1. The molecular formula is C16H17N5O2. The number of aromatic amines is 1. The summed E-state index contributed by atoms with van der Waals surface area (Å²) in [4.78, 5) is 25.5. The van der Waals surface area contributed by atoms with E-state index in [4.69, 9.17) is 4.52 Å². The maximum Gasteiger partial charge on any atom is 0.234 e. The van der Waals surface area contributed by atoms with Gasteiger partial charge in [0.2, 0.25) is 17.6 Å². The average molecular weight is 311 g/mol. The van der Waals surface area contributed by atoms with Gasteiger partial charge in [-0.2, -0.15) is 4.98 Å². The Morgan fingerprint density at radius 3 is 3.09 bits per heavy atom. The molecule has 0 aromatic carbocycles. The topological polar surface area (TPSA) is 87.9 Å². The molecule has 0 saturated carbocycles. The third-order valence-corrected chi connectivity index (χ3v) is 4.55. The summed E-state index contributed by atoms with van der Waals surface area (Å²) in [6.07, 6.45) is 4.40. The summed E-state index contributed by atoms with van der Waals surface area (Å²) in [7, 11) is 0. The Balaban J connectivity index is 1.70. The van der Waals surface area contributed by atoms with E-state index < -0.39 is 0 Å². The fourth-order valence-corrected chi connectivity index (χ4v) is 3.13. The minimum atomic E-state index is -0.303. The van der Waals surface area contributed by atoms with Crippen molar-refractivity contribution in [3.8, 4) is 11.5 Å². The van der Waals surface area contributed by atoms with Gasteiger partial charge >= 0.3 is 0 Å². The number of hydrogen-bond acceptors (Lipinski definition) is 5. The number of likely N-dealkylation sites (tertiary alicyclic amines) is 1. The fourth-order valence-electron chi connectivity index (χ4n) is 3.13. The number of hydrogen-bond donors (Lipinski definition) is 1. The largest absolute Gasteiger partial charge is 0.361 e. The van der Waals surface area contributed by atoms with Crippen LogP contribution < -0.4 is 0 Å². The monoisotopic (exact) mass is 311 g/mol. The number of H-pyrrole nitrogens is 1. The second-order valence-electron chi connectivity index (χ2n) is 6.27. The van der Waals surface area contributed by atoms with Crippen molar-refractivity contribution in [2.24, 2.45) is 0 Å². The summed E-state index contributed by atoms with van der Waals surface area (Å²) < 4.78 is 5.51. The highest BCUT2D eigenvalue weighted by molar-refractivity contribution is 5.90. The maximum absolute atomic E-state index is 11.6. The lowest BCUT2D eigenvalue weighted by Crippen LogP contribution is -2.31. The van der Waals surface area contributed by atoms with E-state index in [-0.39, 0.29) is 11.3 Å². The minimum Gasteiger partial charge on any atom is -0.361 e. The van der Waals surface area contributed by atoms with Crippen LogP contribution in [0.2, 0.25) is 0 Å². The molecule has 7 nitrogen and oxygen atoms in total. The summed E-state index contributed by atoms with van der Waals surface area (Å²) >= 11 is 0. The van der Waals surface area contributed by atoms with Crippen molar-refractivity contribution in [3.63, 3.8) is 0 Å². The zero-order valence-corrected chi connectivity index (χ0v) is 13.0. The Labute approximate surface area is 132 Å². The van der Waals surface area contributed by atoms with E-state index in [0.717, 1.165) is 23.9 Å². The van der Waals surface area contributed by atoms with Crippen LogP contribution in [0.4, 0.5) is 0 Å². The quantitative estimate of drug-likeness (QED) is 0.783. The Kier molecular flexibility index (Phi) is 2.97. The smallest absolute Gasteiger partial charge is 0.234 e. The Morgan fingerprint density at radius 2 is 2.30 bits per heavy atom. The number of amides is 1. The molecule has 1 aliphatic rings. The van der Waals surface area contributed by atoms with Crippen LogP contribution in [0, 0.1) is 0 Å². The molecule has 0 aliphatic carbocycles. The van der Waals surface area contributed by atoms with Crippen LogP contribution >= 0.6 is 0 Å². The highest BCUT2D eigenvalue weighted by Crippen LogP contribution is 2.34. The fraction of sp³-hybridized carbons (Fsp3) is 0.375. The summed E-state index contributed by atoms with van der Waals surface area (Å²) in [5.74, 6) is 1.12. The molecule has 7 heteroatoms. The molecule has 1 atom stereocenters. The molecule has 1 N–H and O–H groups in total. The van der Waals surface area contributed by atoms with Gasteiger partial charge in [-0.15, -0.1) is 0 Å². The molecule has 3 aromatic rings. The molecule has 1 saturated heterocycles. The molecule has 4 rings (SSSR count). The van der Waals surface area contributed by atoms with E-state index >= 15 is 0 Å². The van der Waals surface area contributed by atoms with Gasteiger partial charge in [0, 0.05) is 43.3 Å². The van der Waals surface area contributed by atoms with Crippen LogP contribution in [0.1, 0.15) is 26.2 Å². The van der Waals surface area contributed by atoms with Crippen LogP contribution in [-0.4, -0.2) is 44.0 Å². The van der Waals surface area contributed by atoms with Crippen LogP contribution in [-0.2, 0) is 10.2 Å². The zero-order valence-electron chi connectivity index (χ0n) is 13.0. The first-order valence-corrected chi connectivity index (χ1v) is 7.59. The van der Waals surface area contributed by atoms with Crippen LogP contribution in [0.25, 0.3) is 22.4 Å². The van der Waals surface area contributed by atoms with Crippen LogP contribution in [0.15, 0.2) is 29.0 Å². The number of aromatic nitrogens is 4. The third kappa shape index (κ3) is 2.19. The van der Waals surface area contributed by atoms with Gasteiger partial charge in [0.05, 0.1) is 5.41 Å². The molecule has 0 bridgehead atoms. The van der Waals surface area contributed by atoms with Crippen molar-refractivity contribution in [1.82, 2.24) is 25.0 Å². The second-order valence-corrected chi connectivity index (χ2v) is 6.27. The van der Waals surface area contributed by atoms with Crippen molar-refractivity contribution in [2.75, 3.05) is 13.1 Å². The maximum atomic E-state index is 11.6. The van der Waals surface area contributed by atoms with Crippen molar-refractivity contribution in [3.05, 3.63) is 30.4 Å². The summed E-state index contributed by atoms with van der Waals surface area (Å²) in [5, 5.41) is 5.07. The molecule has 23 heavy (non-hydrogen) atoms. The molecular weight excluding hydrogens is 294 g/mol. The molecule has 1 unspecified atom stereocenters. The number of nitrogens with zero attached hydrogens (tertiary/aromatic N) is 4. The van der Waals surface area contributed by atoms with E-state index in [9.17, 15) is 4.79 Å². The van der Waals surface area contributed by atoms with Gasteiger partial charge in [-0.3, -0.25) is 9.78 Å². The first-order valence-electron chi connectivity index (χ1n) is 7.59. The van der Waals surface area contributed by atoms with Crippen LogP contribution in [0.3, 0.4) is 0 Å². The van der Waals surface area contributed by atoms with Crippen molar-refractivity contribution < 1.29 is 9.32 Å². The van der Waals surface area contributed by atoms with Gasteiger partial charge in [-0.25, -0.2) is 0 Å². The Hall–Kier alpha value is -2.70. The average Bonchev–Trinajstić information content (AvgIpc) is 3.26. The molecule has 3 aromatic heterocycles. The van der Waals surface area contributed by atoms with E-state index in [2.05, 4.69) is 27.0 Å². The van der Waals surface area contributed by atoms with Gasteiger partial charge in [0.1, 0.15) is 5.69 Å². The first kappa shape index (κ1) is 13.9. The summed E-state index contributed by atoms with van der Waals surface area (Å²) in [6, 6.07) is 3.85. The third-order valence-electron chi connectivity index (χ3n) is 4.55. The standard InChI is InChI=1S/C16H17N5O2/c1-10(22)21-8-5-16(2,9-21)15-19-14(20-23-15)13-11-3-6-17-12(11)4-7-18-13/h3-4,6-7,17H,5,8-9H2,1-2H3. The van der Waals surface area contributed by atoms with Crippen LogP contribution in [0.5, 0.6) is 0 Å². The number of carbonyl (C=O) groups excluding carboxylic acids is 1. The summed E-state index contributed by atoms with van der Waals surface area (Å²) in [6.45, 7) is 4.96. The van der Waals surface area contributed by atoms with Gasteiger partial charge in [-0.05, 0) is 25.5 Å². The molecule has 0 radical (unpaired) electrons. The van der Waals surface area contributed by atoms with Crippen molar-refractivity contribution >= 4 is 16.8 Å².